The molecule has 1 unspecified atom stereocenters. The molecule has 2 rings (SSSR count). The number of hydrogen-bond donors (Lipinski definition) is 1. The van der Waals surface area contributed by atoms with Gasteiger partial charge >= 0.3 is 0 Å². The quantitative estimate of drug-likeness (QED) is 0.816. The molecule has 1 aliphatic rings. The number of nitrogen functional groups attached to an aromatic ring is 1. The highest BCUT2D eigenvalue weighted by atomic mass is 16.5. The van der Waals surface area contributed by atoms with E-state index in [0.717, 1.165) is 43.1 Å². The molecule has 0 saturated carbocycles. The fraction of sp³-hybridized carbons (Fsp3) is 0.727. The standard InChI is InChI=1S/C11H19N3O/c1-8-10(13-14(2)11(8)12)4-3-9-5-6-15-7-9/h9H,3-7,12H2,1-2H3. The molecule has 2 N–H and O–H groups in total. The van der Waals surface area contributed by atoms with E-state index in [2.05, 4.69) is 5.10 Å². The van der Waals surface area contributed by atoms with Gasteiger partial charge in [0.1, 0.15) is 5.82 Å². The minimum absolute atomic E-state index is 0.715. The highest BCUT2D eigenvalue weighted by Gasteiger charge is 2.17. The maximum Gasteiger partial charge on any atom is 0.124 e. The van der Waals surface area contributed by atoms with Crippen LogP contribution in [-0.2, 0) is 18.2 Å². The van der Waals surface area contributed by atoms with E-state index in [1.54, 1.807) is 4.68 Å². The summed E-state index contributed by atoms with van der Waals surface area (Å²) in [5.41, 5.74) is 8.14. The third-order valence-corrected chi connectivity index (χ3v) is 3.25. The number of hydrogen-bond acceptors (Lipinski definition) is 3. The first kappa shape index (κ1) is 10.5. The molecule has 1 aromatic heterocycles. The van der Waals surface area contributed by atoms with Gasteiger partial charge in [-0.1, -0.05) is 0 Å². The third kappa shape index (κ3) is 2.15. The summed E-state index contributed by atoms with van der Waals surface area (Å²) in [6.45, 7) is 3.89. The van der Waals surface area contributed by atoms with Crippen molar-refractivity contribution in [1.29, 1.82) is 0 Å². The van der Waals surface area contributed by atoms with E-state index in [4.69, 9.17) is 10.5 Å². The Morgan fingerprint density at radius 1 is 1.60 bits per heavy atom. The Balaban J connectivity index is 1.95. The van der Waals surface area contributed by atoms with Gasteiger partial charge < -0.3 is 10.5 Å². The van der Waals surface area contributed by atoms with Crippen LogP contribution in [0.25, 0.3) is 0 Å². The Bertz CT molecular complexity index is 340. The SMILES string of the molecule is Cc1c(CCC2CCOC2)nn(C)c1N. The van der Waals surface area contributed by atoms with E-state index >= 15 is 0 Å². The fourth-order valence-electron chi connectivity index (χ4n) is 2.09. The van der Waals surface area contributed by atoms with E-state index in [1.807, 2.05) is 14.0 Å². The molecule has 15 heavy (non-hydrogen) atoms. The zero-order valence-corrected chi connectivity index (χ0v) is 9.49. The number of anilines is 1. The van der Waals surface area contributed by atoms with Crippen LogP contribution in [0, 0.1) is 12.8 Å². The molecule has 1 fully saturated rings. The maximum absolute atomic E-state index is 5.86. The summed E-state index contributed by atoms with van der Waals surface area (Å²) in [6.07, 6.45) is 3.38. The van der Waals surface area contributed by atoms with Crippen LogP contribution in [0.4, 0.5) is 5.82 Å². The maximum atomic E-state index is 5.86. The third-order valence-electron chi connectivity index (χ3n) is 3.25. The van der Waals surface area contributed by atoms with Gasteiger partial charge in [0.2, 0.25) is 0 Å². The van der Waals surface area contributed by atoms with Gasteiger partial charge in [0, 0.05) is 25.8 Å². The molecule has 84 valence electrons. The van der Waals surface area contributed by atoms with Crippen LogP contribution in [0.15, 0.2) is 0 Å². The highest BCUT2D eigenvalue weighted by molar-refractivity contribution is 5.42. The van der Waals surface area contributed by atoms with Crippen molar-refractivity contribution < 1.29 is 4.74 Å². The van der Waals surface area contributed by atoms with Crippen molar-refractivity contribution >= 4 is 5.82 Å². The zero-order valence-electron chi connectivity index (χ0n) is 9.49. The molecule has 0 bridgehead atoms. The molecule has 0 aliphatic carbocycles. The van der Waals surface area contributed by atoms with Crippen molar-refractivity contribution in [3.8, 4) is 0 Å². The molecule has 0 aromatic carbocycles. The predicted octanol–water partition coefficient (Wildman–Crippen LogP) is 1.28. The molecular formula is C11H19N3O. The molecule has 1 aromatic rings. The van der Waals surface area contributed by atoms with Crippen LogP contribution in [0.3, 0.4) is 0 Å². The molecule has 4 heteroatoms. The van der Waals surface area contributed by atoms with Gasteiger partial charge in [-0.25, -0.2) is 0 Å². The second-order valence-corrected chi connectivity index (χ2v) is 4.35. The lowest BCUT2D eigenvalue weighted by atomic mass is 10.0. The number of nitrogens with zero attached hydrogens (tertiary/aromatic N) is 2. The topological polar surface area (TPSA) is 53.1 Å². The normalized spacial score (nSPS) is 21.1. The highest BCUT2D eigenvalue weighted by Crippen LogP contribution is 2.21. The Morgan fingerprint density at radius 2 is 2.40 bits per heavy atom. The fourth-order valence-corrected chi connectivity index (χ4v) is 2.09. The Hall–Kier alpha value is -1.03. The number of rotatable bonds is 3. The van der Waals surface area contributed by atoms with E-state index in [0.29, 0.717) is 5.92 Å². The molecule has 0 amide bonds. The van der Waals surface area contributed by atoms with Crippen LogP contribution in [0.2, 0.25) is 0 Å². The van der Waals surface area contributed by atoms with Gasteiger partial charge in [-0.05, 0) is 32.1 Å². The molecule has 4 nitrogen and oxygen atoms in total. The van der Waals surface area contributed by atoms with Crippen molar-refractivity contribution in [3.63, 3.8) is 0 Å². The van der Waals surface area contributed by atoms with Crippen molar-refractivity contribution in [3.05, 3.63) is 11.3 Å². The van der Waals surface area contributed by atoms with E-state index in [-0.39, 0.29) is 0 Å². The smallest absolute Gasteiger partial charge is 0.124 e. The lowest BCUT2D eigenvalue weighted by Crippen LogP contribution is -2.02. The lowest BCUT2D eigenvalue weighted by Gasteiger charge is -2.05. The average Bonchev–Trinajstić information content (AvgIpc) is 2.80. The average molecular weight is 209 g/mol. The van der Waals surface area contributed by atoms with Gasteiger partial charge in [0.05, 0.1) is 5.69 Å². The molecule has 0 spiro atoms. The van der Waals surface area contributed by atoms with Crippen LogP contribution < -0.4 is 5.73 Å². The van der Waals surface area contributed by atoms with Crippen molar-refractivity contribution in [2.45, 2.75) is 26.2 Å². The van der Waals surface area contributed by atoms with Gasteiger partial charge in [-0.2, -0.15) is 5.10 Å². The first-order valence-electron chi connectivity index (χ1n) is 5.54. The molecule has 0 radical (unpaired) electrons. The van der Waals surface area contributed by atoms with E-state index in [1.165, 1.54) is 6.42 Å². The van der Waals surface area contributed by atoms with Gasteiger partial charge in [-0.3, -0.25) is 4.68 Å². The molecule has 1 saturated heterocycles. The summed E-state index contributed by atoms with van der Waals surface area (Å²) < 4.78 is 7.11. The minimum Gasteiger partial charge on any atom is -0.384 e. The van der Waals surface area contributed by atoms with Crippen LogP contribution in [0.1, 0.15) is 24.1 Å². The van der Waals surface area contributed by atoms with E-state index in [9.17, 15) is 0 Å². The molecule has 1 atom stereocenters. The number of aryl methyl sites for hydroxylation is 2. The summed E-state index contributed by atoms with van der Waals surface area (Å²) in [6, 6.07) is 0. The van der Waals surface area contributed by atoms with E-state index < -0.39 is 0 Å². The van der Waals surface area contributed by atoms with Crippen molar-refractivity contribution in [2.75, 3.05) is 18.9 Å². The summed E-state index contributed by atoms with van der Waals surface area (Å²) in [5, 5.41) is 4.42. The summed E-state index contributed by atoms with van der Waals surface area (Å²) in [4.78, 5) is 0. The first-order chi connectivity index (χ1) is 7.18. The second kappa shape index (κ2) is 4.23. The zero-order chi connectivity index (χ0) is 10.8. The largest absolute Gasteiger partial charge is 0.384 e. The van der Waals surface area contributed by atoms with Gasteiger partial charge in [-0.15, -0.1) is 0 Å². The number of nitrogens with two attached hydrogens (primary N) is 1. The second-order valence-electron chi connectivity index (χ2n) is 4.35. The monoisotopic (exact) mass is 209 g/mol. The Labute approximate surface area is 90.4 Å². The number of ether oxygens (including phenoxy) is 1. The van der Waals surface area contributed by atoms with Crippen LogP contribution in [-0.4, -0.2) is 23.0 Å². The van der Waals surface area contributed by atoms with Crippen molar-refractivity contribution in [1.82, 2.24) is 9.78 Å². The van der Waals surface area contributed by atoms with Crippen LogP contribution in [0.5, 0.6) is 0 Å². The first-order valence-corrected chi connectivity index (χ1v) is 5.54. The number of aromatic nitrogens is 2. The summed E-state index contributed by atoms with van der Waals surface area (Å²) in [5.74, 6) is 1.50. The molecule has 2 heterocycles. The van der Waals surface area contributed by atoms with Crippen molar-refractivity contribution in [2.24, 2.45) is 13.0 Å². The lowest BCUT2D eigenvalue weighted by molar-refractivity contribution is 0.184. The molecule has 1 aliphatic heterocycles. The summed E-state index contributed by atoms with van der Waals surface area (Å²) in [7, 11) is 1.89. The van der Waals surface area contributed by atoms with Crippen LogP contribution >= 0.6 is 0 Å². The predicted molar refractivity (Wildman–Crippen MR) is 59.6 cm³/mol. The van der Waals surface area contributed by atoms with Gasteiger partial charge in [0.25, 0.3) is 0 Å². The molecular weight excluding hydrogens is 190 g/mol. The Kier molecular flexibility index (Phi) is 2.95. The minimum atomic E-state index is 0.715. The Morgan fingerprint density at radius 3 is 2.93 bits per heavy atom. The summed E-state index contributed by atoms with van der Waals surface area (Å²) >= 11 is 0. The van der Waals surface area contributed by atoms with Gasteiger partial charge in [0.15, 0.2) is 0 Å².